The van der Waals surface area contributed by atoms with Gasteiger partial charge in [0.25, 0.3) is 5.91 Å². The summed E-state index contributed by atoms with van der Waals surface area (Å²) in [6, 6.07) is 1.92. The lowest BCUT2D eigenvalue weighted by molar-refractivity contribution is -0.148. The van der Waals surface area contributed by atoms with Crippen molar-refractivity contribution in [3.63, 3.8) is 0 Å². The maximum absolute atomic E-state index is 12.7. The van der Waals surface area contributed by atoms with E-state index in [0.717, 1.165) is 16.7 Å². The first kappa shape index (κ1) is 16.2. The van der Waals surface area contributed by atoms with Crippen LogP contribution in [0.3, 0.4) is 0 Å². The van der Waals surface area contributed by atoms with Crippen molar-refractivity contribution in [3.8, 4) is 0 Å². The number of carbonyl (C=O) groups is 1. The van der Waals surface area contributed by atoms with Gasteiger partial charge in [-0.05, 0) is 13.0 Å². The molecule has 0 N–H and O–H groups in total. The molecule has 2 aromatic heterocycles. The molecule has 0 radical (unpaired) electrons. The summed E-state index contributed by atoms with van der Waals surface area (Å²) in [5.41, 5.74) is 0.813. The quantitative estimate of drug-likeness (QED) is 0.780. The van der Waals surface area contributed by atoms with Crippen molar-refractivity contribution < 1.29 is 14.3 Å². The molecule has 8 nitrogen and oxygen atoms in total. The van der Waals surface area contributed by atoms with Crippen LogP contribution in [0.25, 0.3) is 10.9 Å². The monoisotopic (exact) mass is 343 g/mol. The minimum atomic E-state index is -0.473. The van der Waals surface area contributed by atoms with Gasteiger partial charge in [0.2, 0.25) is 0 Å². The van der Waals surface area contributed by atoms with E-state index in [4.69, 9.17) is 9.47 Å². The lowest BCUT2D eigenvalue weighted by atomic mass is 10.2. The van der Waals surface area contributed by atoms with Gasteiger partial charge in [-0.1, -0.05) is 0 Å². The number of aryl methyl sites for hydroxylation is 1. The second kappa shape index (κ2) is 6.89. The first-order valence-corrected chi connectivity index (χ1v) is 8.54. The predicted molar refractivity (Wildman–Crippen MR) is 91.4 cm³/mol. The van der Waals surface area contributed by atoms with Crippen molar-refractivity contribution in [2.45, 2.75) is 13.0 Å². The first-order chi connectivity index (χ1) is 12.2. The Labute approximate surface area is 145 Å². The Balaban J connectivity index is 1.58. The summed E-state index contributed by atoms with van der Waals surface area (Å²) in [5, 5.41) is 0.945. The van der Waals surface area contributed by atoms with Gasteiger partial charge in [-0.15, -0.1) is 0 Å². The number of pyridine rings is 1. The molecule has 0 bridgehead atoms. The molecular weight excluding hydrogens is 322 g/mol. The smallest absolute Gasteiger partial charge is 0.253 e. The number of aromatic nitrogens is 3. The van der Waals surface area contributed by atoms with E-state index in [1.807, 2.05) is 17.9 Å². The molecule has 0 saturated carbocycles. The largest absolute Gasteiger partial charge is 0.378 e. The van der Waals surface area contributed by atoms with Crippen LogP contribution in [0.2, 0.25) is 0 Å². The zero-order chi connectivity index (χ0) is 17.2. The molecule has 8 heteroatoms. The second-order valence-corrected chi connectivity index (χ2v) is 6.23. The normalized spacial score (nSPS) is 21.6. The SMILES string of the molecule is Cc1nc(N2CCOC(C(=O)N3CCOCC3)C2)c2ccncc2n1. The number of hydrogen-bond acceptors (Lipinski definition) is 7. The van der Waals surface area contributed by atoms with E-state index in [9.17, 15) is 4.79 Å². The number of fused-ring (bicyclic) bond motifs is 1. The molecule has 0 aromatic carbocycles. The molecule has 1 atom stereocenters. The Kier molecular flexibility index (Phi) is 4.46. The van der Waals surface area contributed by atoms with Crippen molar-refractivity contribution in [3.05, 3.63) is 24.3 Å². The average Bonchev–Trinajstić information content (AvgIpc) is 2.67. The molecule has 0 spiro atoms. The first-order valence-electron chi connectivity index (χ1n) is 8.54. The molecule has 2 aliphatic heterocycles. The van der Waals surface area contributed by atoms with E-state index in [0.29, 0.717) is 51.8 Å². The number of rotatable bonds is 2. The van der Waals surface area contributed by atoms with E-state index in [1.54, 1.807) is 12.4 Å². The predicted octanol–water partition coefficient (Wildman–Crippen LogP) is 0.397. The van der Waals surface area contributed by atoms with E-state index in [-0.39, 0.29) is 5.91 Å². The standard InChI is InChI=1S/C17H21N5O3/c1-12-19-14-10-18-3-2-13(14)16(20-12)22-6-9-25-15(11-22)17(23)21-4-7-24-8-5-21/h2-3,10,15H,4-9,11H2,1H3. The highest BCUT2D eigenvalue weighted by Crippen LogP contribution is 2.25. The molecule has 4 rings (SSSR count). The van der Waals surface area contributed by atoms with Crippen LogP contribution in [0.5, 0.6) is 0 Å². The summed E-state index contributed by atoms with van der Waals surface area (Å²) >= 11 is 0. The van der Waals surface area contributed by atoms with Crippen LogP contribution in [0, 0.1) is 6.92 Å². The van der Waals surface area contributed by atoms with Gasteiger partial charge in [0.1, 0.15) is 11.6 Å². The van der Waals surface area contributed by atoms with Gasteiger partial charge in [0, 0.05) is 31.2 Å². The third kappa shape index (κ3) is 3.27. The third-order valence-electron chi connectivity index (χ3n) is 4.56. The number of nitrogens with zero attached hydrogens (tertiary/aromatic N) is 5. The number of ether oxygens (including phenoxy) is 2. The number of hydrogen-bond donors (Lipinski definition) is 0. The Bertz CT molecular complexity index is 778. The highest BCUT2D eigenvalue weighted by atomic mass is 16.5. The Morgan fingerprint density at radius 3 is 2.88 bits per heavy atom. The highest BCUT2D eigenvalue weighted by Gasteiger charge is 2.32. The molecule has 132 valence electrons. The summed E-state index contributed by atoms with van der Waals surface area (Å²) < 4.78 is 11.1. The molecule has 25 heavy (non-hydrogen) atoms. The fourth-order valence-corrected chi connectivity index (χ4v) is 3.30. The fraction of sp³-hybridized carbons (Fsp3) is 0.529. The van der Waals surface area contributed by atoms with Crippen molar-refractivity contribution in [2.75, 3.05) is 50.9 Å². The van der Waals surface area contributed by atoms with Gasteiger partial charge < -0.3 is 19.3 Å². The van der Waals surface area contributed by atoms with Gasteiger partial charge in [-0.25, -0.2) is 9.97 Å². The highest BCUT2D eigenvalue weighted by molar-refractivity contribution is 5.89. The van der Waals surface area contributed by atoms with Crippen LogP contribution in [0.4, 0.5) is 5.82 Å². The number of amides is 1. The van der Waals surface area contributed by atoms with Crippen LogP contribution < -0.4 is 4.90 Å². The zero-order valence-corrected chi connectivity index (χ0v) is 14.2. The lowest BCUT2D eigenvalue weighted by Gasteiger charge is -2.37. The fourth-order valence-electron chi connectivity index (χ4n) is 3.30. The molecule has 4 heterocycles. The third-order valence-corrected chi connectivity index (χ3v) is 4.56. The van der Waals surface area contributed by atoms with E-state index in [2.05, 4.69) is 19.9 Å². The van der Waals surface area contributed by atoms with E-state index in [1.165, 1.54) is 0 Å². The van der Waals surface area contributed by atoms with Crippen molar-refractivity contribution in [2.24, 2.45) is 0 Å². The Hall–Kier alpha value is -2.32. The second-order valence-electron chi connectivity index (χ2n) is 6.23. The zero-order valence-electron chi connectivity index (χ0n) is 14.2. The molecule has 2 saturated heterocycles. The molecule has 1 unspecified atom stereocenters. The molecule has 1 amide bonds. The van der Waals surface area contributed by atoms with Gasteiger partial charge in [-0.3, -0.25) is 9.78 Å². The van der Waals surface area contributed by atoms with E-state index >= 15 is 0 Å². The maximum atomic E-state index is 12.7. The van der Waals surface area contributed by atoms with Crippen molar-refractivity contribution in [1.29, 1.82) is 0 Å². The minimum Gasteiger partial charge on any atom is -0.378 e. The summed E-state index contributed by atoms with van der Waals surface area (Å²) in [4.78, 5) is 29.9. The molecule has 2 aromatic rings. The van der Waals surface area contributed by atoms with Gasteiger partial charge in [0.05, 0.1) is 38.1 Å². The maximum Gasteiger partial charge on any atom is 0.253 e. The van der Waals surface area contributed by atoms with Crippen LogP contribution in [-0.4, -0.2) is 77.9 Å². The summed E-state index contributed by atoms with van der Waals surface area (Å²) in [6.45, 7) is 5.98. The van der Waals surface area contributed by atoms with Gasteiger partial charge in [-0.2, -0.15) is 0 Å². The Morgan fingerprint density at radius 2 is 2.04 bits per heavy atom. The number of carbonyl (C=O) groups excluding carboxylic acids is 1. The van der Waals surface area contributed by atoms with Crippen molar-refractivity contribution >= 4 is 22.6 Å². The molecule has 0 aliphatic carbocycles. The number of anilines is 1. The van der Waals surface area contributed by atoms with E-state index < -0.39 is 6.10 Å². The molecule has 2 fully saturated rings. The molecular formula is C17H21N5O3. The van der Waals surface area contributed by atoms with Crippen molar-refractivity contribution in [1.82, 2.24) is 19.9 Å². The van der Waals surface area contributed by atoms with Gasteiger partial charge in [0.15, 0.2) is 6.10 Å². The Morgan fingerprint density at radius 1 is 1.20 bits per heavy atom. The lowest BCUT2D eigenvalue weighted by Crippen LogP contribution is -2.53. The van der Waals surface area contributed by atoms with Crippen LogP contribution in [-0.2, 0) is 14.3 Å². The summed E-state index contributed by atoms with van der Waals surface area (Å²) in [5.74, 6) is 1.57. The van der Waals surface area contributed by atoms with Crippen LogP contribution in [0.15, 0.2) is 18.5 Å². The van der Waals surface area contributed by atoms with Crippen LogP contribution in [0.1, 0.15) is 5.82 Å². The minimum absolute atomic E-state index is 0.0322. The summed E-state index contributed by atoms with van der Waals surface area (Å²) in [6.07, 6.45) is 3.00. The van der Waals surface area contributed by atoms with Gasteiger partial charge >= 0.3 is 0 Å². The molecule has 2 aliphatic rings. The van der Waals surface area contributed by atoms with Crippen LogP contribution >= 0.6 is 0 Å². The summed E-state index contributed by atoms with van der Waals surface area (Å²) in [7, 11) is 0. The average molecular weight is 343 g/mol. The topological polar surface area (TPSA) is 80.7 Å². The number of morpholine rings is 2.